The number of carbonyl (C=O) groups is 3. The summed E-state index contributed by atoms with van der Waals surface area (Å²) < 4.78 is 5.83. The van der Waals surface area contributed by atoms with Gasteiger partial charge in [0.05, 0.1) is 5.56 Å². The first-order chi connectivity index (χ1) is 22.7. The summed E-state index contributed by atoms with van der Waals surface area (Å²) in [4.78, 5) is 39.9. The molecule has 5 nitrogen and oxygen atoms in total. The lowest BCUT2D eigenvalue weighted by Crippen LogP contribution is -2.44. The van der Waals surface area contributed by atoms with E-state index in [9.17, 15) is 14.4 Å². The fourth-order valence-electron chi connectivity index (χ4n) is 9.03. The van der Waals surface area contributed by atoms with Crippen LogP contribution in [0.25, 0.3) is 0 Å². The van der Waals surface area contributed by atoms with Crippen LogP contribution in [0.1, 0.15) is 138 Å². The van der Waals surface area contributed by atoms with Crippen molar-refractivity contribution >= 4 is 17.7 Å². The van der Waals surface area contributed by atoms with Crippen LogP contribution in [-0.4, -0.2) is 36.2 Å². The molecule has 5 atom stereocenters. The predicted octanol–water partition coefficient (Wildman–Crippen LogP) is 9.88. The van der Waals surface area contributed by atoms with Gasteiger partial charge in [0.25, 0.3) is 0 Å². The summed E-state index contributed by atoms with van der Waals surface area (Å²) in [5.74, 6) is 2.68. The zero-order chi connectivity index (χ0) is 33.4. The number of unbranched alkanes of at least 4 members (excludes halogenated alkanes) is 8. The van der Waals surface area contributed by atoms with Crippen molar-refractivity contribution in [1.82, 2.24) is 4.90 Å². The third-order valence-corrected chi connectivity index (χ3v) is 11.9. The maximum absolute atomic E-state index is 13.0. The van der Waals surface area contributed by atoms with Crippen molar-refractivity contribution in [3.8, 4) is 5.75 Å². The molecule has 2 saturated carbocycles. The van der Waals surface area contributed by atoms with Gasteiger partial charge >= 0.3 is 5.97 Å². The van der Waals surface area contributed by atoms with Crippen LogP contribution in [0.3, 0.4) is 0 Å². The Kier molecular flexibility index (Phi) is 12.1. The largest absolute Gasteiger partial charge is 0.423 e. The van der Waals surface area contributed by atoms with Gasteiger partial charge in [0, 0.05) is 26.4 Å². The van der Waals surface area contributed by atoms with Crippen molar-refractivity contribution < 1.29 is 19.1 Å². The molecule has 0 aromatic heterocycles. The van der Waals surface area contributed by atoms with Gasteiger partial charge in [-0.15, -0.1) is 0 Å². The van der Waals surface area contributed by atoms with Gasteiger partial charge < -0.3 is 9.64 Å². The molecule has 0 bridgehead atoms. The van der Waals surface area contributed by atoms with Crippen LogP contribution < -0.4 is 4.74 Å². The number of benzene rings is 2. The van der Waals surface area contributed by atoms with Gasteiger partial charge in [-0.05, 0) is 109 Å². The van der Waals surface area contributed by atoms with Gasteiger partial charge in [0.1, 0.15) is 5.75 Å². The number of Topliss-reactive ketones (excluding diaryl/α,β-unsaturated/α-hetero) is 1. The minimum atomic E-state index is -0.323. The molecule has 0 saturated heterocycles. The molecule has 3 unspecified atom stereocenters. The van der Waals surface area contributed by atoms with Crippen LogP contribution >= 0.6 is 0 Å². The SMILES string of the molecule is C=C1C(=O)CC2C3C(CC[C@]12C)c1ccc(OC(=O)c2ccccc2)cc1C[C@H]3CCCCCCCCCCC(=O)N(C)CCCC. The topological polar surface area (TPSA) is 63.7 Å². The van der Waals surface area contributed by atoms with E-state index in [4.69, 9.17) is 4.74 Å². The van der Waals surface area contributed by atoms with Crippen molar-refractivity contribution in [2.75, 3.05) is 13.6 Å². The summed E-state index contributed by atoms with van der Waals surface area (Å²) in [7, 11) is 1.93. The molecule has 3 aliphatic carbocycles. The van der Waals surface area contributed by atoms with Crippen LogP contribution in [0.5, 0.6) is 5.75 Å². The quantitative estimate of drug-likeness (QED) is 0.0794. The number of allylic oxidation sites excluding steroid dienone is 1. The molecule has 3 aliphatic rings. The van der Waals surface area contributed by atoms with Crippen molar-refractivity contribution in [3.63, 3.8) is 0 Å². The Hall–Kier alpha value is -3.21. The molecule has 0 heterocycles. The Labute approximate surface area is 283 Å². The molecule has 2 aromatic rings. The number of fused-ring (bicyclic) bond motifs is 5. The van der Waals surface area contributed by atoms with Gasteiger partial charge in [0.2, 0.25) is 5.91 Å². The highest BCUT2D eigenvalue weighted by molar-refractivity contribution is 5.99. The Balaban J connectivity index is 1.15. The molecule has 2 aromatic carbocycles. The van der Waals surface area contributed by atoms with Crippen LogP contribution in [0.4, 0.5) is 0 Å². The van der Waals surface area contributed by atoms with Gasteiger partial charge in [-0.2, -0.15) is 0 Å². The number of ketones is 1. The van der Waals surface area contributed by atoms with Crippen LogP contribution in [0, 0.1) is 23.2 Å². The molecular formula is C42H57NO4. The van der Waals surface area contributed by atoms with E-state index in [2.05, 4.69) is 32.6 Å². The van der Waals surface area contributed by atoms with E-state index in [-0.39, 0.29) is 17.2 Å². The molecule has 0 aliphatic heterocycles. The monoisotopic (exact) mass is 639 g/mol. The van der Waals surface area contributed by atoms with Crippen LogP contribution in [-0.2, 0) is 16.0 Å². The summed E-state index contributed by atoms with van der Waals surface area (Å²) in [6.45, 7) is 9.64. The number of hydrogen-bond donors (Lipinski definition) is 0. The first-order valence-corrected chi connectivity index (χ1v) is 18.6. The van der Waals surface area contributed by atoms with E-state index in [1.807, 2.05) is 36.2 Å². The second-order valence-electron chi connectivity index (χ2n) is 15.0. The normalized spacial score (nSPS) is 24.7. The highest BCUT2D eigenvalue weighted by Gasteiger charge is 2.57. The van der Waals surface area contributed by atoms with E-state index in [1.165, 1.54) is 56.1 Å². The number of amides is 1. The third kappa shape index (κ3) is 8.27. The maximum atomic E-state index is 13.0. The summed E-state index contributed by atoms with van der Waals surface area (Å²) in [6.07, 6.45) is 17.4. The summed E-state index contributed by atoms with van der Waals surface area (Å²) in [6, 6.07) is 15.5. The molecule has 0 spiro atoms. The molecule has 47 heavy (non-hydrogen) atoms. The van der Waals surface area contributed by atoms with E-state index in [0.29, 0.717) is 53.7 Å². The fourth-order valence-corrected chi connectivity index (χ4v) is 9.03. The summed E-state index contributed by atoms with van der Waals surface area (Å²) >= 11 is 0. The smallest absolute Gasteiger partial charge is 0.343 e. The summed E-state index contributed by atoms with van der Waals surface area (Å²) in [5, 5.41) is 0. The highest BCUT2D eigenvalue weighted by atomic mass is 16.5. The number of carbonyl (C=O) groups excluding carboxylic acids is 3. The number of esters is 1. The third-order valence-electron chi connectivity index (χ3n) is 11.9. The molecule has 0 N–H and O–H groups in total. The molecule has 0 radical (unpaired) electrons. The lowest BCUT2D eigenvalue weighted by atomic mass is 9.52. The average molecular weight is 640 g/mol. The van der Waals surface area contributed by atoms with Gasteiger partial charge in [-0.3, -0.25) is 9.59 Å². The molecule has 254 valence electrons. The minimum absolute atomic E-state index is 0.0747. The summed E-state index contributed by atoms with van der Waals surface area (Å²) in [5.41, 5.74) is 4.06. The first kappa shape index (κ1) is 35.1. The van der Waals surface area contributed by atoms with Crippen LogP contribution in [0.2, 0.25) is 0 Å². The number of rotatable bonds is 16. The number of ether oxygens (including phenoxy) is 1. The lowest BCUT2D eigenvalue weighted by Gasteiger charge is -2.52. The molecular weight excluding hydrogens is 582 g/mol. The highest BCUT2D eigenvalue weighted by Crippen LogP contribution is 2.63. The Bertz CT molecular complexity index is 1400. The van der Waals surface area contributed by atoms with Crippen molar-refractivity contribution in [2.45, 2.75) is 122 Å². The zero-order valence-electron chi connectivity index (χ0n) is 29.2. The van der Waals surface area contributed by atoms with Gasteiger partial charge in [-0.1, -0.05) is 96.1 Å². The molecule has 2 fully saturated rings. The maximum Gasteiger partial charge on any atom is 0.343 e. The number of nitrogens with zero attached hydrogens (tertiary/aromatic N) is 1. The van der Waals surface area contributed by atoms with Crippen molar-refractivity contribution in [3.05, 3.63) is 77.4 Å². The predicted molar refractivity (Wildman–Crippen MR) is 190 cm³/mol. The Morgan fingerprint density at radius 3 is 2.36 bits per heavy atom. The van der Waals surface area contributed by atoms with Crippen molar-refractivity contribution in [1.29, 1.82) is 0 Å². The van der Waals surface area contributed by atoms with E-state index in [1.54, 1.807) is 12.1 Å². The minimum Gasteiger partial charge on any atom is -0.423 e. The Morgan fingerprint density at radius 1 is 0.936 bits per heavy atom. The molecule has 5 heteroatoms. The van der Waals surface area contributed by atoms with Gasteiger partial charge in [-0.25, -0.2) is 4.79 Å². The first-order valence-electron chi connectivity index (χ1n) is 18.6. The zero-order valence-corrected chi connectivity index (χ0v) is 29.2. The fraction of sp³-hybridized carbons (Fsp3) is 0.595. The van der Waals surface area contributed by atoms with Gasteiger partial charge in [0.15, 0.2) is 5.78 Å². The van der Waals surface area contributed by atoms with E-state index in [0.717, 1.165) is 57.1 Å². The van der Waals surface area contributed by atoms with E-state index < -0.39 is 0 Å². The standard InChI is InChI=1S/C42H57NO4/c1-5-6-26-43(4)39(45)21-17-12-10-8-7-9-11-14-20-32-27-33-28-34(47-41(46)31-18-15-13-16-19-31)22-23-35(33)36-24-25-42(3)30(2)38(44)29-37(42)40(32)36/h13,15-16,18-19,22-23,28,32,36-37,40H,2,5-12,14,17,20-21,24-27,29H2,1,3-4H3/t32-,36?,37?,40?,42-/m1/s1. The molecule has 5 rings (SSSR count). The average Bonchev–Trinajstić information content (AvgIpc) is 3.31. The number of hydrogen-bond acceptors (Lipinski definition) is 4. The van der Waals surface area contributed by atoms with Crippen molar-refractivity contribution in [2.24, 2.45) is 23.2 Å². The lowest BCUT2D eigenvalue weighted by molar-refractivity contribution is -0.130. The molecule has 1 amide bonds. The van der Waals surface area contributed by atoms with E-state index >= 15 is 0 Å². The second kappa shape index (κ2) is 16.3. The Morgan fingerprint density at radius 2 is 1.64 bits per heavy atom. The van der Waals surface area contributed by atoms with Crippen LogP contribution in [0.15, 0.2) is 60.7 Å². The second-order valence-corrected chi connectivity index (χ2v) is 15.0.